The Morgan fingerprint density at radius 2 is 1.76 bits per heavy atom. The van der Waals surface area contributed by atoms with Crippen LogP contribution in [0.15, 0.2) is 36.4 Å². The highest BCUT2D eigenvalue weighted by Crippen LogP contribution is 2.42. The number of nitrogens with zero attached hydrogens (tertiary/aromatic N) is 2. The first-order valence-corrected chi connectivity index (χ1v) is 7.33. The highest BCUT2D eigenvalue weighted by Gasteiger charge is 2.28. The van der Waals surface area contributed by atoms with E-state index < -0.39 is 0 Å². The van der Waals surface area contributed by atoms with Crippen LogP contribution < -0.4 is 11.5 Å². The normalized spacial score (nSPS) is 14.7. The molecule has 0 bridgehead atoms. The number of halogens is 1. The van der Waals surface area contributed by atoms with Crippen LogP contribution in [0.1, 0.15) is 18.9 Å². The summed E-state index contributed by atoms with van der Waals surface area (Å²) in [5.74, 6) is 0.911. The lowest BCUT2D eigenvalue weighted by atomic mass is 10.1. The molecule has 0 saturated heterocycles. The second-order valence-corrected chi connectivity index (χ2v) is 5.99. The van der Waals surface area contributed by atoms with E-state index in [9.17, 15) is 0 Å². The van der Waals surface area contributed by atoms with E-state index in [0.29, 0.717) is 22.4 Å². The first-order chi connectivity index (χ1) is 10.1. The molecule has 21 heavy (non-hydrogen) atoms. The Labute approximate surface area is 127 Å². The van der Waals surface area contributed by atoms with Gasteiger partial charge in [-0.1, -0.05) is 11.6 Å². The van der Waals surface area contributed by atoms with Crippen LogP contribution in [0.3, 0.4) is 0 Å². The van der Waals surface area contributed by atoms with Gasteiger partial charge in [0.15, 0.2) is 0 Å². The van der Waals surface area contributed by atoms with E-state index in [1.54, 1.807) is 6.07 Å². The molecule has 106 valence electrons. The van der Waals surface area contributed by atoms with Crippen molar-refractivity contribution in [3.05, 3.63) is 41.4 Å². The summed E-state index contributed by atoms with van der Waals surface area (Å²) in [6, 6.07) is 11.9. The van der Waals surface area contributed by atoms with E-state index >= 15 is 0 Å². The molecule has 4 N–H and O–H groups in total. The van der Waals surface area contributed by atoms with Crippen molar-refractivity contribution in [3.63, 3.8) is 0 Å². The van der Waals surface area contributed by atoms with Crippen molar-refractivity contribution in [2.75, 3.05) is 11.5 Å². The topological polar surface area (TPSA) is 69.9 Å². The van der Waals surface area contributed by atoms with E-state index in [2.05, 4.69) is 4.57 Å². The van der Waals surface area contributed by atoms with Gasteiger partial charge in [0.2, 0.25) is 0 Å². The van der Waals surface area contributed by atoms with Crippen molar-refractivity contribution in [2.24, 2.45) is 0 Å². The fraction of sp³-hybridized carbons (Fsp3) is 0.188. The van der Waals surface area contributed by atoms with Crippen LogP contribution in [-0.2, 0) is 0 Å². The second-order valence-electron chi connectivity index (χ2n) is 5.56. The monoisotopic (exact) mass is 298 g/mol. The van der Waals surface area contributed by atoms with Gasteiger partial charge < -0.3 is 16.0 Å². The molecule has 5 heteroatoms. The molecule has 0 unspecified atom stereocenters. The zero-order valence-electron chi connectivity index (χ0n) is 11.4. The zero-order valence-corrected chi connectivity index (χ0v) is 12.1. The number of nitrogen functional groups attached to an aromatic ring is 2. The first kappa shape index (κ1) is 12.5. The molecule has 1 aliphatic rings. The number of nitrogens with two attached hydrogens (primary N) is 2. The second kappa shape index (κ2) is 4.40. The Bertz CT molecular complexity index is 829. The molecule has 1 fully saturated rings. The Morgan fingerprint density at radius 3 is 2.43 bits per heavy atom. The molecule has 2 aromatic carbocycles. The molecule has 4 rings (SSSR count). The maximum absolute atomic E-state index is 6.08. The average molecular weight is 299 g/mol. The third kappa shape index (κ3) is 2.12. The third-order valence-electron chi connectivity index (χ3n) is 3.80. The van der Waals surface area contributed by atoms with E-state index in [1.165, 1.54) is 12.8 Å². The largest absolute Gasteiger partial charge is 0.399 e. The minimum Gasteiger partial charge on any atom is -0.399 e. The van der Waals surface area contributed by atoms with E-state index in [4.69, 9.17) is 28.1 Å². The van der Waals surface area contributed by atoms with Gasteiger partial charge in [-0.05, 0) is 49.2 Å². The van der Waals surface area contributed by atoms with Gasteiger partial charge >= 0.3 is 0 Å². The van der Waals surface area contributed by atoms with E-state index in [-0.39, 0.29) is 0 Å². The maximum Gasteiger partial charge on any atom is 0.141 e. The van der Waals surface area contributed by atoms with Crippen LogP contribution in [0.2, 0.25) is 5.02 Å². The SMILES string of the molecule is Nc1cc(N)cc(-c2nc3cc(Cl)ccc3n2C2CC2)c1. The van der Waals surface area contributed by atoms with Gasteiger partial charge in [0.1, 0.15) is 5.82 Å². The number of anilines is 2. The summed E-state index contributed by atoms with van der Waals surface area (Å²) in [4.78, 5) is 4.75. The fourth-order valence-corrected chi connectivity index (χ4v) is 2.95. The summed E-state index contributed by atoms with van der Waals surface area (Å²) in [5.41, 5.74) is 16.1. The molecule has 0 aliphatic heterocycles. The number of aromatic nitrogens is 2. The molecule has 1 heterocycles. The van der Waals surface area contributed by atoms with Crippen LogP contribution in [0.25, 0.3) is 22.4 Å². The van der Waals surface area contributed by atoms with Gasteiger partial charge in [-0.25, -0.2) is 4.98 Å². The van der Waals surface area contributed by atoms with Crippen LogP contribution in [0, 0.1) is 0 Å². The number of imidazole rings is 1. The summed E-state index contributed by atoms with van der Waals surface area (Å²) in [5, 5.41) is 0.696. The van der Waals surface area contributed by atoms with Gasteiger partial charge in [0.05, 0.1) is 11.0 Å². The minimum atomic E-state index is 0.508. The molecule has 1 aliphatic carbocycles. The number of hydrogen-bond donors (Lipinski definition) is 2. The predicted octanol–water partition coefficient (Wildman–Crippen LogP) is 3.86. The summed E-state index contributed by atoms with van der Waals surface area (Å²) in [6.45, 7) is 0. The Balaban J connectivity index is 2.00. The maximum atomic E-state index is 6.08. The molecule has 3 aromatic rings. The lowest BCUT2D eigenvalue weighted by Gasteiger charge is -2.09. The van der Waals surface area contributed by atoms with Gasteiger partial charge in [-0.3, -0.25) is 0 Å². The van der Waals surface area contributed by atoms with Crippen LogP contribution in [0.5, 0.6) is 0 Å². The van der Waals surface area contributed by atoms with Crippen molar-refractivity contribution in [2.45, 2.75) is 18.9 Å². The van der Waals surface area contributed by atoms with Crippen molar-refractivity contribution >= 4 is 34.0 Å². The number of rotatable bonds is 2. The summed E-state index contributed by atoms with van der Waals surface area (Å²) in [6.07, 6.45) is 2.36. The van der Waals surface area contributed by atoms with Crippen molar-refractivity contribution in [3.8, 4) is 11.4 Å². The molecule has 4 nitrogen and oxygen atoms in total. The van der Waals surface area contributed by atoms with Gasteiger partial charge in [0, 0.05) is 28.0 Å². The Hall–Kier alpha value is -2.20. The summed E-state index contributed by atoms with van der Waals surface area (Å²) in [7, 11) is 0. The van der Waals surface area contributed by atoms with Gasteiger partial charge in [-0.15, -0.1) is 0 Å². The molecular formula is C16H15ClN4. The van der Waals surface area contributed by atoms with Crippen molar-refractivity contribution in [1.82, 2.24) is 9.55 Å². The lowest BCUT2D eigenvalue weighted by molar-refractivity contribution is 0.775. The molecule has 0 radical (unpaired) electrons. The molecule has 0 atom stereocenters. The predicted molar refractivity (Wildman–Crippen MR) is 87.3 cm³/mol. The Morgan fingerprint density at radius 1 is 1.05 bits per heavy atom. The third-order valence-corrected chi connectivity index (χ3v) is 4.03. The van der Waals surface area contributed by atoms with Crippen LogP contribution in [-0.4, -0.2) is 9.55 Å². The van der Waals surface area contributed by atoms with Crippen LogP contribution in [0.4, 0.5) is 11.4 Å². The minimum absolute atomic E-state index is 0.508. The van der Waals surface area contributed by atoms with E-state index in [0.717, 1.165) is 22.4 Å². The van der Waals surface area contributed by atoms with Gasteiger partial charge in [0.25, 0.3) is 0 Å². The number of fused-ring (bicyclic) bond motifs is 1. The summed E-state index contributed by atoms with van der Waals surface area (Å²) < 4.78 is 2.28. The fourth-order valence-electron chi connectivity index (χ4n) is 2.78. The highest BCUT2D eigenvalue weighted by atomic mass is 35.5. The molecule has 0 amide bonds. The van der Waals surface area contributed by atoms with Crippen molar-refractivity contribution in [1.29, 1.82) is 0 Å². The van der Waals surface area contributed by atoms with Gasteiger partial charge in [-0.2, -0.15) is 0 Å². The smallest absolute Gasteiger partial charge is 0.141 e. The Kier molecular flexibility index (Phi) is 2.62. The number of benzene rings is 2. The number of hydrogen-bond acceptors (Lipinski definition) is 3. The standard InChI is InChI=1S/C16H15ClN4/c17-10-1-4-15-14(7-10)20-16(21(15)13-2-3-13)9-5-11(18)8-12(19)6-9/h1,4-8,13H,2-3,18-19H2. The van der Waals surface area contributed by atoms with Crippen LogP contribution >= 0.6 is 11.6 Å². The zero-order chi connectivity index (χ0) is 14.6. The molecular weight excluding hydrogens is 284 g/mol. The molecule has 1 saturated carbocycles. The van der Waals surface area contributed by atoms with E-state index in [1.807, 2.05) is 30.3 Å². The molecule has 1 aromatic heterocycles. The highest BCUT2D eigenvalue weighted by molar-refractivity contribution is 6.31. The first-order valence-electron chi connectivity index (χ1n) is 6.96. The quantitative estimate of drug-likeness (QED) is 0.706. The summed E-state index contributed by atoms with van der Waals surface area (Å²) >= 11 is 6.08. The molecule has 0 spiro atoms. The average Bonchev–Trinajstić information content (AvgIpc) is 3.18. The van der Waals surface area contributed by atoms with Crippen molar-refractivity contribution < 1.29 is 0 Å². The lowest BCUT2D eigenvalue weighted by Crippen LogP contribution is -1.99.